The molecule has 0 aliphatic heterocycles. The molecule has 3 rings (SSSR count). The first-order valence-corrected chi connectivity index (χ1v) is 7.93. The highest BCUT2D eigenvalue weighted by Gasteiger charge is 2.08. The van der Waals surface area contributed by atoms with Crippen LogP contribution in [0.3, 0.4) is 0 Å². The normalized spacial score (nSPS) is 10.8. The fraction of sp³-hybridized carbons (Fsp3) is 0.263. The van der Waals surface area contributed by atoms with Gasteiger partial charge in [0.2, 0.25) is 5.91 Å². The van der Waals surface area contributed by atoms with E-state index in [4.69, 9.17) is 4.74 Å². The van der Waals surface area contributed by atoms with Gasteiger partial charge < -0.3 is 14.6 Å². The number of anilines is 1. The van der Waals surface area contributed by atoms with Crippen LogP contribution in [0, 0.1) is 13.8 Å². The number of fused-ring (bicyclic) bond motifs is 1. The average molecular weight is 323 g/mol. The molecule has 124 valence electrons. The molecule has 1 N–H and O–H groups in total. The van der Waals surface area contributed by atoms with Crippen molar-refractivity contribution in [1.29, 1.82) is 0 Å². The van der Waals surface area contributed by atoms with E-state index in [2.05, 4.69) is 36.3 Å². The van der Waals surface area contributed by atoms with Gasteiger partial charge in [-0.2, -0.15) is 0 Å². The Hall–Kier alpha value is -2.82. The van der Waals surface area contributed by atoms with Crippen molar-refractivity contribution >= 4 is 22.6 Å². The van der Waals surface area contributed by atoms with Crippen molar-refractivity contribution in [3.05, 3.63) is 53.9 Å². The predicted octanol–water partition coefficient (Wildman–Crippen LogP) is 3.69. The van der Waals surface area contributed by atoms with Crippen molar-refractivity contribution in [3.63, 3.8) is 0 Å². The third-order valence-corrected chi connectivity index (χ3v) is 4.17. The molecule has 0 bridgehead atoms. The maximum atomic E-state index is 12.2. The van der Waals surface area contributed by atoms with E-state index in [1.807, 2.05) is 22.8 Å². The summed E-state index contributed by atoms with van der Waals surface area (Å²) in [4.78, 5) is 16.6. The van der Waals surface area contributed by atoms with E-state index in [0.717, 1.165) is 22.5 Å². The number of amides is 1. The molecule has 1 aromatic heterocycles. The minimum atomic E-state index is -0.0334. The van der Waals surface area contributed by atoms with Crippen LogP contribution in [0.15, 0.2) is 42.7 Å². The standard InChI is InChI=1S/C19H21N3O2/c1-13-9-17-18(10-14(13)2)22(12-20-17)8-7-19(23)21-15-5-4-6-16(11-15)24-3/h4-6,9-12H,7-8H2,1-3H3,(H,21,23). The molecule has 5 nitrogen and oxygen atoms in total. The second-order valence-electron chi connectivity index (χ2n) is 5.89. The quantitative estimate of drug-likeness (QED) is 0.779. The third kappa shape index (κ3) is 3.40. The van der Waals surface area contributed by atoms with Crippen LogP contribution in [0.5, 0.6) is 5.75 Å². The number of benzene rings is 2. The smallest absolute Gasteiger partial charge is 0.226 e. The summed E-state index contributed by atoms with van der Waals surface area (Å²) in [6, 6.07) is 11.5. The Balaban J connectivity index is 1.67. The lowest BCUT2D eigenvalue weighted by atomic mass is 10.1. The second kappa shape index (κ2) is 6.74. The fourth-order valence-corrected chi connectivity index (χ4v) is 2.64. The monoisotopic (exact) mass is 323 g/mol. The number of rotatable bonds is 5. The van der Waals surface area contributed by atoms with Gasteiger partial charge in [-0.25, -0.2) is 4.98 Å². The number of carbonyl (C=O) groups is 1. The zero-order valence-corrected chi connectivity index (χ0v) is 14.2. The van der Waals surface area contributed by atoms with Gasteiger partial charge in [-0.05, 0) is 49.2 Å². The van der Waals surface area contributed by atoms with E-state index >= 15 is 0 Å². The van der Waals surface area contributed by atoms with Gasteiger partial charge in [0, 0.05) is 24.7 Å². The summed E-state index contributed by atoms with van der Waals surface area (Å²) in [6.45, 7) is 4.76. The molecule has 0 saturated carbocycles. The van der Waals surface area contributed by atoms with Gasteiger partial charge in [-0.1, -0.05) is 6.07 Å². The molecule has 0 unspecified atom stereocenters. The van der Waals surface area contributed by atoms with Crippen LogP contribution in [-0.2, 0) is 11.3 Å². The van der Waals surface area contributed by atoms with Gasteiger partial charge in [0.05, 0.1) is 24.5 Å². The summed E-state index contributed by atoms with van der Waals surface area (Å²) in [7, 11) is 1.61. The molecule has 0 saturated heterocycles. The number of hydrogen-bond donors (Lipinski definition) is 1. The number of nitrogens with zero attached hydrogens (tertiary/aromatic N) is 2. The summed E-state index contributed by atoms with van der Waals surface area (Å²) in [5.41, 5.74) is 5.22. The topological polar surface area (TPSA) is 56.1 Å². The lowest BCUT2D eigenvalue weighted by molar-refractivity contribution is -0.116. The molecular weight excluding hydrogens is 302 g/mol. The molecule has 3 aromatic rings. The maximum Gasteiger partial charge on any atom is 0.226 e. The Kier molecular flexibility index (Phi) is 4.51. The van der Waals surface area contributed by atoms with Crippen molar-refractivity contribution in [1.82, 2.24) is 9.55 Å². The van der Waals surface area contributed by atoms with E-state index in [-0.39, 0.29) is 5.91 Å². The molecule has 24 heavy (non-hydrogen) atoms. The third-order valence-electron chi connectivity index (χ3n) is 4.17. The Morgan fingerprint density at radius 3 is 2.79 bits per heavy atom. The Morgan fingerprint density at radius 1 is 1.21 bits per heavy atom. The minimum absolute atomic E-state index is 0.0334. The van der Waals surface area contributed by atoms with Crippen LogP contribution in [0.2, 0.25) is 0 Å². The highest BCUT2D eigenvalue weighted by atomic mass is 16.5. The molecule has 0 aliphatic carbocycles. The second-order valence-corrected chi connectivity index (χ2v) is 5.89. The van der Waals surface area contributed by atoms with E-state index in [9.17, 15) is 4.79 Å². The van der Waals surface area contributed by atoms with E-state index < -0.39 is 0 Å². The summed E-state index contributed by atoms with van der Waals surface area (Å²) >= 11 is 0. The summed E-state index contributed by atoms with van der Waals surface area (Å²) < 4.78 is 7.18. The molecule has 1 amide bonds. The molecule has 5 heteroatoms. The average Bonchev–Trinajstić information content (AvgIpc) is 2.95. The summed E-state index contributed by atoms with van der Waals surface area (Å²) in [5, 5.41) is 2.89. The van der Waals surface area contributed by atoms with Gasteiger partial charge in [-0.15, -0.1) is 0 Å². The Morgan fingerprint density at radius 2 is 2.00 bits per heavy atom. The summed E-state index contributed by atoms with van der Waals surface area (Å²) in [6.07, 6.45) is 2.18. The zero-order valence-electron chi connectivity index (χ0n) is 14.2. The first-order valence-electron chi connectivity index (χ1n) is 7.93. The van der Waals surface area contributed by atoms with Crippen molar-refractivity contribution in [2.45, 2.75) is 26.8 Å². The molecule has 2 aromatic carbocycles. The first kappa shape index (κ1) is 16.1. The number of methoxy groups -OCH3 is 1. The van der Waals surface area contributed by atoms with Gasteiger partial charge >= 0.3 is 0 Å². The first-order chi connectivity index (χ1) is 11.6. The number of carbonyl (C=O) groups excluding carboxylic acids is 1. The largest absolute Gasteiger partial charge is 0.497 e. The molecule has 0 spiro atoms. The molecule has 1 heterocycles. The Labute approximate surface area is 141 Å². The molecule has 0 aliphatic rings. The number of hydrogen-bond acceptors (Lipinski definition) is 3. The van der Waals surface area contributed by atoms with Crippen LogP contribution in [0.1, 0.15) is 17.5 Å². The minimum Gasteiger partial charge on any atom is -0.497 e. The van der Waals surface area contributed by atoms with Crippen LogP contribution < -0.4 is 10.1 Å². The van der Waals surface area contributed by atoms with Gasteiger partial charge in [0.15, 0.2) is 0 Å². The van der Waals surface area contributed by atoms with Crippen LogP contribution in [0.25, 0.3) is 11.0 Å². The molecule has 0 fully saturated rings. The number of ether oxygens (including phenoxy) is 1. The van der Waals surface area contributed by atoms with E-state index in [1.54, 1.807) is 19.5 Å². The number of nitrogens with one attached hydrogen (secondary N) is 1. The lowest BCUT2D eigenvalue weighted by Gasteiger charge is -2.08. The van der Waals surface area contributed by atoms with E-state index in [1.165, 1.54) is 11.1 Å². The van der Waals surface area contributed by atoms with Crippen LogP contribution >= 0.6 is 0 Å². The van der Waals surface area contributed by atoms with Gasteiger partial charge in [0.1, 0.15) is 5.75 Å². The highest BCUT2D eigenvalue weighted by molar-refractivity contribution is 5.91. The highest BCUT2D eigenvalue weighted by Crippen LogP contribution is 2.19. The SMILES string of the molecule is COc1cccc(NC(=O)CCn2cnc3cc(C)c(C)cc32)c1. The van der Waals surface area contributed by atoms with Gasteiger partial charge in [0.25, 0.3) is 0 Å². The summed E-state index contributed by atoms with van der Waals surface area (Å²) in [5.74, 6) is 0.688. The number of aryl methyl sites for hydroxylation is 3. The zero-order chi connectivity index (χ0) is 17.1. The van der Waals surface area contributed by atoms with Crippen LogP contribution in [-0.4, -0.2) is 22.6 Å². The van der Waals surface area contributed by atoms with Crippen LogP contribution in [0.4, 0.5) is 5.69 Å². The van der Waals surface area contributed by atoms with Crippen molar-refractivity contribution in [3.8, 4) is 5.75 Å². The van der Waals surface area contributed by atoms with Crippen molar-refractivity contribution in [2.24, 2.45) is 0 Å². The van der Waals surface area contributed by atoms with E-state index in [0.29, 0.717) is 13.0 Å². The van der Waals surface area contributed by atoms with Crippen molar-refractivity contribution in [2.75, 3.05) is 12.4 Å². The van der Waals surface area contributed by atoms with Crippen molar-refractivity contribution < 1.29 is 9.53 Å². The predicted molar refractivity (Wildman–Crippen MR) is 95.4 cm³/mol. The molecular formula is C19H21N3O2. The number of imidazole rings is 1. The molecule has 0 radical (unpaired) electrons. The fourth-order valence-electron chi connectivity index (χ4n) is 2.64. The van der Waals surface area contributed by atoms with Gasteiger partial charge in [-0.3, -0.25) is 4.79 Å². The maximum absolute atomic E-state index is 12.2. The number of aromatic nitrogens is 2. The lowest BCUT2D eigenvalue weighted by Crippen LogP contribution is -2.14. The molecule has 0 atom stereocenters. The Bertz CT molecular complexity index is 883.